The SMILES string of the molecule is O=C(O)/C=C/C(=O)O.[2H]C([2H])([2H])NC([2H])([2H])c1cc(-c2ccccc2F)n(S(=O)(=O)c2cccnc2)c1.[2H]C([2H])([2H])NC([2H])([2H])c1cc(-c2ccccc2F)n(S(=O)(=O)c2cccnc2)c1. The third-order valence-corrected chi connectivity index (χ3v) is 10.4. The number of hydrogen-bond acceptors (Lipinski definition) is 10. The number of aromatic nitrogens is 4. The highest BCUT2D eigenvalue weighted by atomic mass is 32.2. The second kappa shape index (κ2) is 19.3. The number of rotatable bonds is 12. The second-order valence-electron chi connectivity index (χ2n) is 10.7. The van der Waals surface area contributed by atoms with Crippen LogP contribution < -0.4 is 10.6 Å². The van der Waals surface area contributed by atoms with E-state index in [1.807, 2.05) is 10.6 Å². The second-order valence-corrected chi connectivity index (χ2v) is 14.3. The van der Waals surface area contributed by atoms with E-state index in [9.17, 15) is 35.2 Å². The van der Waals surface area contributed by atoms with E-state index in [1.54, 1.807) is 0 Å². The summed E-state index contributed by atoms with van der Waals surface area (Å²) in [5.41, 5.74) is -1.07. The van der Waals surface area contributed by atoms with Gasteiger partial charge < -0.3 is 20.8 Å². The Bertz CT molecular complexity index is 2740. The van der Waals surface area contributed by atoms with Crippen LogP contribution in [0.25, 0.3) is 22.5 Å². The van der Waals surface area contributed by atoms with Crippen LogP contribution in [0, 0.1) is 11.6 Å². The Hall–Kier alpha value is -6.34. The maximum absolute atomic E-state index is 14.4. The summed E-state index contributed by atoms with van der Waals surface area (Å²) < 4.78 is 158. The van der Waals surface area contributed by atoms with Crippen LogP contribution in [0.3, 0.4) is 0 Å². The Morgan fingerprint density at radius 3 is 1.41 bits per heavy atom. The van der Waals surface area contributed by atoms with E-state index in [0.29, 0.717) is 12.2 Å². The summed E-state index contributed by atoms with van der Waals surface area (Å²) in [5, 5.41) is 19.3. The molecule has 0 radical (unpaired) electrons. The van der Waals surface area contributed by atoms with Crippen molar-refractivity contribution >= 4 is 32.0 Å². The van der Waals surface area contributed by atoms with Gasteiger partial charge in [-0.3, -0.25) is 9.97 Å². The van der Waals surface area contributed by atoms with Crippen LogP contribution in [0.5, 0.6) is 0 Å². The molecular formula is C38H36F2N6O8S2. The first-order valence-corrected chi connectivity index (χ1v) is 18.3. The van der Waals surface area contributed by atoms with Crippen molar-refractivity contribution in [2.45, 2.75) is 22.8 Å². The molecule has 0 atom stereocenters. The molecule has 4 heterocycles. The van der Waals surface area contributed by atoms with E-state index in [-0.39, 0.29) is 43.4 Å². The zero-order chi connectivity index (χ0) is 49.5. The van der Waals surface area contributed by atoms with Crippen molar-refractivity contribution in [2.75, 3.05) is 14.0 Å². The van der Waals surface area contributed by atoms with Crippen molar-refractivity contribution in [3.63, 3.8) is 0 Å². The van der Waals surface area contributed by atoms with E-state index in [2.05, 4.69) is 9.97 Å². The minimum absolute atomic E-state index is 0.0871. The van der Waals surface area contributed by atoms with Gasteiger partial charge in [0.15, 0.2) is 0 Å². The third kappa shape index (κ3) is 10.7. The van der Waals surface area contributed by atoms with Crippen molar-refractivity contribution in [1.29, 1.82) is 0 Å². The molecule has 18 heteroatoms. The quantitative estimate of drug-likeness (QED) is 0.121. The Labute approximate surface area is 335 Å². The summed E-state index contributed by atoms with van der Waals surface area (Å²) in [4.78, 5) is 26.3. The van der Waals surface area contributed by atoms with Crippen LogP contribution in [0.4, 0.5) is 8.78 Å². The largest absolute Gasteiger partial charge is 0.478 e. The highest BCUT2D eigenvalue weighted by molar-refractivity contribution is 7.90. The average molecular weight is 817 g/mol. The van der Waals surface area contributed by atoms with Crippen molar-refractivity contribution in [1.82, 2.24) is 28.5 Å². The number of halogens is 2. The van der Waals surface area contributed by atoms with Gasteiger partial charge in [-0.15, -0.1) is 0 Å². The summed E-state index contributed by atoms with van der Waals surface area (Å²) >= 11 is 0. The van der Waals surface area contributed by atoms with Gasteiger partial charge in [0.1, 0.15) is 21.4 Å². The fourth-order valence-electron chi connectivity index (χ4n) is 4.67. The highest BCUT2D eigenvalue weighted by Crippen LogP contribution is 2.30. The van der Waals surface area contributed by atoms with E-state index < -0.39 is 70.6 Å². The molecule has 0 unspecified atom stereocenters. The van der Waals surface area contributed by atoms with Crippen LogP contribution in [0.15, 0.2) is 144 Å². The van der Waals surface area contributed by atoms with Crippen LogP contribution >= 0.6 is 0 Å². The molecule has 6 aromatic rings. The molecule has 2 aromatic carbocycles. The molecule has 6 rings (SSSR count). The van der Waals surface area contributed by atoms with Crippen LogP contribution in [-0.4, -0.2) is 70.9 Å². The summed E-state index contributed by atoms with van der Waals surface area (Å²) in [7, 11) is -8.53. The molecular weight excluding hydrogens is 771 g/mol. The summed E-state index contributed by atoms with van der Waals surface area (Å²) in [6, 6.07) is 18.4. The van der Waals surface area contributed by atoms with E-state index in [4.69, 9.17) is 23.9 Å². The molecule has 0 saturated heterocycles. The minimum Gasteiger partial charge on any atom is -0.478 e. The lowest BCUT2D eigenvalue weighted by Crippen LogP contribution is -2.14. The fraction of sp³-hybridized carbons (Fsp3) is 0.105. The number of hydrogen-bond donors (Lipinski definition) is 4. The van der Waals surface area contributed by atoms with Gasteiger partial charge >= 0.3 is 11.9 Å². The van der Waals surface area contributed by atoms with Gasteiger partial charge in [0.05, 0.1) is 11.4 Å². The number of carbonyl (C=O) groups is 2. The Balaban J connectivity index is 0.000000248. The molecule has 4 N–H and O–H groups in total. The van der Waals surface area contributed by atoms with Gasteiger partial charge in [0.2, 0.25) is 0 Å². The molecule has 0 saturated carbocycles. The summed E-state index contributed by atoms with van der Waals surface area (Å²) in [6.45, 7) is -10.9. The topological polar surface area (TPSA) is 203 Å². The molecule has 0 aliphatic rings. The van der Waals surface area contributed by atoms with Crippen molar-refractivity contribution in [3.05, 3.63) is 157 Å². The average Bonchev–Trinajstić information content (AvgIpc) is 3.89. The van der Waals surface area contributed by atoms with E-state index in [0.717, 1.165) is 57.0 Å². The summed E-state index contributed by atoms with van der Waals surface area (Å²) in [5.74, 6) is -3.95. The molecule has 0 spiro atoms. The van der Waals surface area contributed by atoms with Gasteiger partial charge in [-0.1, -0.05) is 24.3 Å². The van der Waals surface area contributed by atoms with Crippen molar-refractivity contribution in [3.8, 4) is 22.5 Å². The monoisotopic (exact) mass is 816 g/mol. The molecule has 14 nitrogen and oxygen atoms in total. The van der Waals surface area contributed by atoms with E-state index in [1.165, 1.54) is 73.1 Å². The normalized spacial score (nSPS) is 14.9. The maximum Gasteiger partial charge on any atom is 0.328 e. The Morgan fingerprint density at radius 1 is 0.696 bits per heavy atom. The van der Waals surface area contributed by atoms with Gasteiger partial charge in [-0.25, -0.2) is 43.2 Å². The highest BCUT2D eigenvalue weighted by Gasteiger charge is 2.24. The first-order chi connectivity index (χ1) is 30.5. The standard InChI is InChI=1S/2C17H16FN3O2S.C4H4O4/c2*1-19-10-13-9-17(15-6-2-3-7-16(15)18)21(12-13)24(22,23)14-5-4-8-20-11-14;5-3(6)1-2-4(7)8/h2*2-9,11-12,19H,10H2,1H3;1-2H,(H,5,6)(H,7,8)/b;;2-1+/i2*1D3,10D2;. The molecule has 0 fully saturated rings. The maximum atomic E-state index is 14.4. The van der Waals surface area contributed by atoms with Crippen LogP contribution in [0.1, 0.15) is 24.8 Å². The lowest BCUT2D eigenvalue weighted by molar-refractivity contribution is -0.134. The molecule has 0 aliphatic heterocycles. The zero-order valence-corrected chi connectivity index (χ0v) is 30.0. The number of nitrogens with zero attached hydrogens (tertiary/aromatic N) is 4. The molecule has 4 aromatic heterocycles. The fourth-order valence-corrected chi connectivity index (χ4v) is 7.33. The van der Waals surface area contributed by atoms with Crippen LogP contribution in [-0.2, 0) is 42.6 Å². The smallest absolute Gasteiger partial charge is 0.328 e. The Morgan fingerprint density at radius 2 is 1.09 bits per heavy atom. The number of carboxylic acid groups (broad SMARTS) is 2. The number of nitrogens with one attached hydrogen (secondary N) is 2. The van der Waals surface area contributed by atoms with Crippen LogP contribution in [0.2, 0.25) is 0 Å². The molecule has 0 amide bonds. The first-order valence-electron chi connectivity index (χ1n) is 20.5. The van der Waals surface area contributed by atoms with Gasteiger partial charge in [0, 0.05) is 87.2 Å². The molecule has 0 bridgehead atoms. The summed E-state index contributed by atoms with van der Waals surface area (Å²) in [6.07, 6.45) is 7.97. The number of aliphatic carboxylic acids is 2. The van der Waals surface area contributed by atoms with Gasteiger partial charge in [0.25, 0.3) is 20.0 Å². The Kier molecular flexibility index (Phi) is 10.3. The number of carboxylic acids is 2. The molecule has 56 heavy (non-hydrogen) atoms. The predicted octanol–water partition coefficient (Wildman–Crippen LogP) is 5.00. The zero-order valence-electron chi connectivity index (χ0n) is 38.4. The minimum atomic E-state index is -4.27. The third-order valence-electron chi connectivity index (χ3n) is 7.04. The van der Waals surface area contributed by atoms with Gasteiger partial charge in [-0.2, -0.15) is 0 Å². The molecule has 0 aliphatic carbocycles. The van der Waals surface area contributed by atoms with Gasteiger partial charge in [-0.05, 0) is 85.7 Å². The lowest BCUT2D eigenvalue weighted by atomic mass is 10.1. The number of pyridine rings is 2. The van der Waals surface area contributed by atoms with Crippen molar-refractivity contribution in [2.24, 2.45) is 0 Å². The predicted molar refractivity (Wildman–Crippen MR) is 203 cm³/mol. The lowest BCUT2D eigenvalue weighted by Gasteiger charge is -2.10. The molecule has 292 valence electrons. The number of benzene rings is 2. The van der Waals surface area contributed by atoms with Crippen molar-refractivity contribution < 1.29 is 59.1 Å². The first kappa shape index (κ1) is 29.9. The van der Waals surface area contributed by atoms with E-state index >= 15 is 0 Å².